The molecule has 110 valence electrons. The minimum Gasteiger partial charge on any atom is -0.476 e. The van der Waals surface area contributed by atoms with E-state index in [2.05, 4.69) is 10.3 Å². The fourth-order valence-electron chi connectivity index (χ4n) is 2.39. The van der Waals surface area contributed by atoms with Gasteiger partial charge in [-0.3, -0.25) is 0 Å². The quantitative estimate of drug-likeness (QED) is 0.894. The van der Waals surface area contributed by atoms with Crippen LogP contribution in [-0.2, 0) is 0 Å². The number of thiazole rings is 1. The first-order valence-electron chi connectivity index (χ1n) is 6.71. The number of nitrogens with zero attached hydrogens (tertiary/aromatic N) is 2. The summed E-state index contributed by atoms with van der Waals surface area (Å²) >= 11 is 1.25. The molecule has 20 heavy (non-hydrogen) atoms. The average molecular weight is 297 g/mol. The van der Waals surface area contributed by atoms with E-state index in [4.69, 9.17) is 5.11 Å². The maximum atomic E-state index is 12.1. The maximum Gasteiger partial charge on any atom is 0.355 e. The Balaban J connectivity index is 1.93. The molecule has 6 nitrogen and oxygen atoms in total. The lowest BCUT2D eigenvalue weighted by atomic mass is 10.2. The smallest absolute Gasteiger partial charge is 0.355 e. The normalized spacial score (nSPS) is 16.9. The fourth-order valence-corrected chi connectivity index (χ4v) is 3.19. The molecule has 1 heterocycles. The number of amides is 2. The van der Waals surface area contributed by atoms with Crippen LogP contribution in [0.15, 0.2) is 5.38 Å². The number of carboxylic acid groups (broad SMARTS) is 1. The molecule has 1 aromatic heterocycles. The molecule has 1 aliphatic carbocycles. The van der Waals surface area contributed by atoms with Crippen LogP contribution in [0.5, 0.6) is 0 Å². The van der Waals surface area contributed by atoms with Crippen molar-refractivity contribution in [2.45, 2.75) is 44.7 Å². The summed E-state index contributed by atoms with van der Waals surface area (Å²) in [6.45, 7) is 1.81. The molecule has 1 fully saturated rings. The average Bonchev–Trinajstić information content (AvgIpc) is 3.08. The van der Waals surface area contributed by atoms with Crippen molar-refractivity contribution in [3.05, 3.63) is 16.1 Å². The first-order valence-corrected chi connectivity index (χ1v) is 7.59. The second kappa shape index (κ2) is 6.21. The molecule has 7 heteroatoms. The predicted octanol–water partition coefficient (Wildman–Crippen LogP) is 2.49. The summed E-state index contributed by atoms with van der Waals surface area (Å²) in [5.41, 5.74) is 0.0234. The summed E-state index contributed by atoms with van der Waals surface area (Å²) < 4.78 is 0. The lowest BCUT2D eigenvalue weighted by Gasteiger charge is -2.26. The van der Waals surface area contributed by atoms with E-state index in [0.29, 0.717) is 11.0 Å². The van der Waals surface area contributed by atoms with E-state index in [1.165, 1.54) is 29.6 Å². The maximum absolute atomic E-state index is 12.1. The zero-order valence-electron chi connectivity index (χ0n) is 11.6. The molecule has 1 aromatic rings. The Labute approximate surface area is 121 Å². The number of rotatable bonds is 4. The molecule has 0 aromatic carbocycles. The summed E-state index contributed by atoms with van der Waals surface area (Å²) in [6, 6.07) is -0.103. The molecule has 2 rings (SSSR count). The molecule has 1 aliphatic rings. The molecule has 2 amide bonds. The van der Waals surface area contributed by atoms with Gasteiger partial charge in [-0.1, -0.05) is 12.8 Å². The highest BCUT2D eigenvalue weighted by molar-refractivity contribution is 7.09. The summed E-state index contributed by atoms with van der Waals surface area (Å²) in [6.07, 6.45) is 4.45. The Morgan fingerprint density at radius 2 is 2.15 bits per heavy atom. The lowest BCUT2D eigenvalue weighted by Crippen LogP contribution is -2.43. The third kappa shape index (κ3) is 3.27. The van der Waals surface area contributed by atoms with Gasteiger partial charge in [0.05, 0.1) is 6.04 Å². The summed E-state index contributed by atoms with van der Waals surface area (Å²) in [7, 11) is 1.81. The molecule has 1 saturated carbocycles. The highest BCUT2D eigenvalue weighted by Gasteiger charge is 2.25. The highest BCUT2D eigenvalue weighted by Crippen LogP contribution is 2.23. The number of hydrogen-bond acceptors (Lipinski definition) is 4. The molecule has 0 spiro atoms. The van der Waals surface area contributed by atoms with E-state index in [0.717, 1.165) is 12.8 Å². The monoisotopic (exact) mass is 297 g/mol. The Hall–Kier alpha value is -1.63. The zero-order chi connectivity index (χ0) is 14.7. The van der Waals surface area contributed by atoms with Crippen molar-refractivity contribution >= 4 is 23.3 Å². The van der Waals surface area contributed by atoms with Gasteiger partial charge in [-0.25, -0.2) is 14.6 Å². The van der Waals surface area contributed by atoms with E-state index in [9.17, 15) is 9.59 Å². The van der Waals surface area contributed by atoms with Crippen LogP contribution >= 0.6 is 11.3 Å². The van der Waals surface area contributed by atoms with Crippen molar-refractivity contribution in [1.82, 2.24) is 15.2 Å². The summed E-state index contributed by atoms with van der Waals surface area (Å²) in [4.78, 5) is 28.7. The van der Waals surface area contributed by atoms with Gasteiger partial charge >= 0.3 is 12.0 Å². The number of aromatic nitrogens is 1. The summed E-state index contributed by atoms with van der Waals surface area (Å²) in [5.74, 6) is -1.05. The Kier molecular flexibility index (Phi) is 4.59. The van der Waals surface area contributed by atoms with Crippen LogP contribution in [0, 0.1) is 0 Å². The van der Waals surface area contributed by atoms with E-state index in [-0.39, 0.29) is 17.8 Å². The fraction of sp³-hybridized carbons (Fsp3) is 0.615. The largest absolute Gasteiger partial charge is 0.476 e. The van der Waals surface area contributed by atoms with Crippen LogP contribution in [0.3, 0.4) is 0 Å². The zero-order valence-corrected chi connectivity index (χ0v) is 12.4. The van der Waals surface area contributed by atoms with Crippen LogP contribution in [0.25, 0.3) is 0 Å². The molecule has 1 atom stereocenters. The molecule has 1 unspecified atom stereocenters. The molecule has 0 aliphatic heterocycles. The van der Waals surface area contributed by atoms with E-state index in [1.54, 1.807) is 4.90 Å². The topological polar surface area (TPSA) is 82.5 Å². The highest BCUT2D eigenvalue weighted by atomic mass is 32.1. The molecule has 0 saturated heterocycles. The number of urea groups is 1. The van der Waals surface area contributed by atoms with Gasteiger partial charge in [-0.2, -0.15) is 0 Å². The molecule has 2 N–H and O–H groups in total. The molecule has 0 radical (unpaired) electrons. The SMILES string of the molecule is CC(NC(=O)N(C)C1CCCC1)c1nc(C(=O)O)cs1. The first-order chi connectivity index (χ1) is 9.49. The van der Waals surface area contributed by atoms with Gasteiger partial charge in [-0.05, 0) is 19.8 Å². The van der Waals surface area contributed by atoms with Gasteiger partial charge in [0.15, 0.2) is 5.69 Å². The van der Waals surface area contributed by atoms with Crippen molar-refractivity contribution in [2.75, 3.05) is 7.05 Å². The van der Waals surface area contributed by atoms with Gasteiger partial charge in [0.2, 0.25) is 0 Å². The minimum atomic E-state index is -1.05. The number of carbonyl (C=O) groups excluding carboxylic acids is 1. The number of nitrogens with one attached hydrogen (secondary N) is 1. The Morgan fingerprint density at radius 3 is 2.70 bits per heavy atom. The van der Waals surface area contributed by atoms with E-state index < -0.39 is 5.97 Å². The number of carboxylic acids is 1. The van der Waals surface area contributed by atoms with Crippen LogP contribution in [0.2, 0.25) is 0 Å². The van der Waals surface area contributed by atoms with Crippen molar-refractivity contribution in [1.29, 1.82) is 0 Å². The van der Waals surface area contributed by atoms with Crippen molar-refractivity contribution < 1.29 is 14.7 Å². The second-order valence-corrected chi connectivity index (χ2v) is 5.99. The third-order valence-electron chi connectivity index (χ3n) is 3.64. The standard InChI is InChI=1S/C13H19N3O3S/c1-8(11-15-10(7-20-11)12(17)18)14-13(19)16(2)9-5-3-4-6-9/h7-9H,3-6H2,1-2H3,(H,14,19)(H,17,18). The van der Waals surface area contributed by atoms with Crippen molar-refractivity contribution in [3.8, 4) is 0 Å². The van der Waals surface area contributed by atoms with Gasteiger partial charge in [-0.15, -0.1) is 11.3 Å². The molecular formula is C13H19N3O3S. The Morgan fingerprint density at radius 1 is 1.50 bits per heavy atom. The Bertz CT molecular complexity index is 497. The molecule has 0 bridgehead atoms. The van der Waals surface area contributed by atoms with Crippen molar-refractivity contribution in [2.24, 2.45) is 0 Å². The number of hydrogen-bond donors (Lipinski definition) is 2. The van der Waals surface area contributed by atoms with E-state index >= 15 is 0 Å². The van der Waals surface area contributed by atoms with Crippen LogP contribution in [0.4, 0.5) is 4.79 Å². The van der Waals surface area contributed by atoms with Crippen LogP contribution < -0.4 is 5.32 Å². The van der Waals surface area contributed by atoms with Gasteiger partial charge in [0.1, 0.15) is 5.01 Å². The minimum absolute atomic E-state index is 0.0234. The number of carbonyl (C=O) groups is 2. The lowest BCUT2D eigenvalue weighted by molar-refractivity contribution is 0.0691. The van der Waals surface area contributed by atoms with Crippen LogP contribution in [0.1, 0.15) is 54.1 Å². The second-order valence-electron chi connectivity index (χ2n) is 5.10. The van der Waals surface area contributed by atoms with Gasteiger partial charge in [0.25, 0.3) is 0 Å². The summed E-state index contributed by atoms with van der Waals surface area (Å²) in [5, 5.41) is 13.8. The molecular weight excluding hydrogens is 278 g/mol. The number of aromatic carboxylic acids is 1. The van der Waals surface area contributed by atoms with Crippen LogP contribution in [-0.4, -0.2) is 40.1 Å². The van der Waals surface area contributed by atoms with E-state index in [1.807, 2.05) is 14.0 Å². The third-order valence-corrected chi connectivity index (χ3v) is 4.67. The van der Waals surface area contributed by atoms with Gasteiger partial charge in [0, 0.05) is 18.5 Å². The predicted molar refractivity (Wildman–Crippen MR) is 76.0 cm³/mol. The van der Waals surface area contributed by atoms with Crippen molar-refractivity contribution in [3.63, 3.8) is 0 Å². The van der Waals surface area contributed by atoms with Gasteiger partial charge < -0.3 is 15.3 Å². The first kappa shape index (κ1) is 14.8.